The molecule has 0 aliphatic heterocycles. The fourth-order valence-corrected chi connectivity index (χ4v) is 1.45. The molecule has 6 heteroatoms. The van der Waals surface area contributed by atoms with Crippen molar-refractivity contribution < 1.29 is 9.90 Å². The Kier molecular flexibility index (Phi) is 1.77. The molecule has 0 bridgehead atoms. The van der Waals surface area contributed by atoms with Crippen LogP contribution >= 0.6 is 15.9 Å². The van der Waals surface area contributed by atoms with Gasteiger partial charge in [0.05, 0.1) is 4.47 Å². The van der Waals surface area contributed by atoms with Gasteiger partial charge in [-0.1, -0.05) is 0 Å². The highest BCUT2D eigenvalue weighted by atomic mass is 79.9. The monoisotopic (exact) mass is 241 g/mol. The van der Waals surface area contributed by atoms with Crippen molar-refractivity contribution in [3.05, 3.63) is 28.6 Å². The summed E-state index contributed by atoms with van der Waals surface area (Å²) in [6.45, 7) is 0. The highest BCUT2D eigenvalue weighted by molar-refractivity contribution is 9.10. The summed E-state index contributed by atoms with van der Waals surface area (Å²) in [7, 11) is 0. The molecule has 0 unspecified atom stereocenters. The first-order valence-electron chi connectivity index (χ1n) is 3.42. The minimum absolute atomic E-state index is 0.0868. The zero-order valence-corrected chi connectivity index (χ0v) is 7.89. The van der Waals surface area contributed by atoms with Crippen molar-refractivity contribution in [1.82, 2.24) is 14.6 Å². The molecule has 0 atom stereocenters. The summed E-state index contributed by atoms with van der Waals surface area (Å²) in [5.74, 6) is -1.18. The highest BCUT2D eigenvalue weighted by Gasteiger charge is 2.13. The second kappa shape index (κ2) is 2.81. The predicted octanol–water partition coefficient (Wildman–Crippen LogP) is 1.19. The van der Waals surface area contributed by atoms with E-state index < -0.39 is 5.97 Å². The smallest absolute Gasteiger partial charge is 0.374 e. The van der Waals surface area contributed by atoms with Crippen LogP contribution in [0.15, 0.2) is 22.8 Å². The Hall–Kier alpha value is -1.43. The first-order chi connectivity index (χ1) is 6.20. The number of fused-ring (bicyclic) bond motifs is 1. The quantitative estimate of drug-likeness (QED) is 0.815. The van der Waals surface area contributed by atoms with Gasteiger partial charge in [0.1, 0.15) is 0 Å². The van der Waals surface area contributed by atoms with Crippen LogP contribution in [0.4, 0.5) is 0 Å². The molecule has 0 saturated heterocycles. The molecule has 2 aromatic rings. The summed E-state index contributed by atoms with van der Waals surface area (Å²) in [4.78, 5) is 10.6. The molecule has 5 nitrogen and oxygen atoms in total. The number of hydrogen-bond donors (Lipinski definition) is 1. The van der Waals surface area contributed by atoms with Gasteiger partial charge in [-0.2, -0.15) is 0 Å². The molecule has 2 heterocycles. The zero-order valence-electron chi connectivity index (χ0n) is 6.31. The second-order valence-electron chi connectivity index (χ2n) is 2.38. The van der Waals surface area contributed by atoms with E-state index in [0.29, 0.717) is 5.65 Å². The Morgan fingerprint density at radius 1 is 1.54 bits per heavy atom. The van der Waals surface area contributed by atoms with Gasteiger partial charge in [-0.05, 0) is 28.1 Å². The minimum atomic E-state index is -1.09. The number of carboxylic acids is 1. The molecule has 0 radical (unpaired) electrons. The number of aromatic nitrogens is 3. The van der Waals surface area contributed by atoms with Gasteiger partial charge in [0, 0.05) is 6.20 Å². The molecule has 0 aromatic carbocycles. The molecule has 0 aliphatic rings. The molecular formula is C7H4BrN3O2. The van der Waals surface area contributed by atoms with E-state index in [4.69, 9.17) is 5.11 Å². The van der Waals surface area contributed by atoms with Crippen LogP contribution in [0.5, 0.6) is 0 Å². The van der Waals surface area contributed by atoms with Crippen molar-refractivity contribution in [3.63, 3.8) is 0 Å². The van der Waals surface area contributed by atoms with Gasteiger partial charge in [0.25, 0.3) is 0 Å². The van der Waals surface area contributed by atoms with Crippen LogP contribution < -0.4 is 0 Å². The van der Waals surface area contributed by atoms with Gasteiger partial charge in [0.2, 0.25) is 5.82 Å². The third-order valence-electron chi connectivity index (χ3n) is 1.58. The van der Waals surface area contributed by atoms with E-state index in [-0.39, 0.29) is 5.82 Å². The highest BCUT2D eigenvalue weighted by Crippen LogP contribution is 2.15. The molecule has 0 aliphatic carbocycles. The van der Waals surface area contributed by atoms with E-state index in [1.807, 2.05) is 0 Å². The number of carboxylic acid groups (broad SMARTS) is 1. The van der Waals surface area contributed by atoms with Crippen molar-refractivity contribution in [1.29, 1.82) is 0 Å². The van der Waals surface area contributed by atoms with E-state index in [0.717, 1.165) is 4.47 Å². The normalized spacial score (nSPS) is 10.5. The Labute approximate surface area is 81.1 Å². The lowest BCUT2D eigenvalue weighted by Gasteiger charge is -1.94. The van der Waals surface area contributed by atoms with Crippen molar-refractivity contribution in [2.24, 2.45) is 0 Å². The largest absolute Gasteiger partial charge is 0.475 e. The Morgan fingerprint density at radius 2 is 2.31 bits per heavy atom. The number of pyridine rings is 1. The minimum Gasteiger partial charge on any atom is -0.475 e. The van der Waals surface area contributed by atoms with E-state index in [2.05, 4.69) is 26.1 Å². The zero-order chi connectivity index (χ0) is 9.42. The Morgan fingerprint density at radius 3 is 3.00 bits per heavy atom. The molecule has 1 N–H and O–H groups in total. The summed E-state index contributed by atoms with van der Waals surface area (Å²) < 4.78 is 2.13. The molecule has 0 amide bonds. The molecule has 66 valence electrons. The lowest BCUT2D eigenvalue weighted by Crippen LogP contribution is -2.03. The van der Waals surface area contributed by atoms with Crippen LogP contribution in [0.2, 0.25) is 0 Å². The average molecular weight is 242 g/mol. The van der Waals surface area contributed by atoms with Crippen molar-refractivity contribution in [2.45, 2.75) is 0 Å². The fraction of sp³-hybridized carbons (Fsp3) is 0. The summed E-state index contributed by atoms with van der Waals surface area (Å²) >= 11 is 3.24. The number of rotatable bonds is 1. The maximum Gasteiger partial charge on any atom is 0.374 e. The van der Waals surface area contributed by atoms with Crippen molar-refractivity contribution >= 4 is 27.5 Å². The number of aromatic carboxylic acids is 1. The van der Waals surface area contributed by atoms with Crippen molar-refractivity contribution in [3.8, 4) is 0 Å². The van der Waals surface area contributed by atoms with E-state index >= 15 is 0 Å². The fourth-order valence-electron chi connectivity index (χ4n) is 1.03. The SMILES string of the molecule is O=C(O)c1nnc2c(Br)cccn12. The number of halogens is 1. The molecule has 13 heavy (non-hydrogen) atoms. The maximum atomic E-state index is 10.6. The molecule has 0 spiro atoms. The molecule has 2 rings (SSSR count). The summed E-state index contributed by atoms with van der Waals surface area (Å²) in [5, 5.41) is 16.0. The van der Waals surface area contributed by atoms with Crippen LogP contribution in [0.3, 0.4) is 0 Å². The molecule has 0 fully saturated rings. The summed E-state index contributed by atoms with van der Waals surface area (Å²) in [5.41, 5.74) is 0.500. The lowest BCUT2D eigenvalue weighted by atomic mass is 10.4. The van der Waals surface area contributed by atoms with Gasteiger partial charge < -0.3 is 5.11 Å². The first kappa shape index (κ1) is 8.18. The Bertz CT molecular complexity index is 480. The third kappa shape index (κ3) is 1.19. The summed E-state index contributed by atoms with van der Waals surface area (Å²) in [6.07, 6.45) is 1.60. The van der Waals surface area contributed by atoms with Crippen molar-refractivity contribution in [2.75, 3.05) is 0 Å². The van der Waals surface area contributed by atoms with E-state index in [1.54, 1.807) is 18.3 Å². The predicted molar refractivity (Wildman–Crippen MR) is 47.6 cm³/mol. The Balaban J connectivity index is 2.83. The van der Waals surface area contributed by atoms with Crippen LogP contribution in [0.25, 0.3) is 5.65 Å². The topological polar surface area (TPSA) is 67.5 Å². The van der Waals surface area contributed by atoms with Gasteiger partial charge in [-0.25, -0.2) is 4.79 Å². The summed E-state index contributed by atoms with van der Waals surface area (Å²) in [6, 6.07) is 3.49. The maximum absolute atomic E-state index is 10.6. The molecular weight excluding hydrogens is 238 g/mol. The van der Waals surface area contributed by atoms with E-state index in [9.17, 15) is 4.79 Å². The van der Waals surface area contributed by atoms with Gasteiger partial charge in [-0.3, -0.25) is 4.40 Å². The van der Waals surface area contributed by atoms with Crippen LogP contribution in [-0.4, -0.2) is 25.7 Å². The van der Waals surface area contributed by atoms with Crippen LogP contribution in [0, 0.1) is 0 Å². The standard InChI is InChI=1S/C7H4BrN3O2/c8-4-2-1-3-11-5(4)9-10-6(11)7(12)13/h1-3H,(H,12,13). The second-order valence-corrected chi connectivity index (χ2v) is 3.23. The van der Waals surface area contributed by atoms with Crippen LogP contribution in [-0.2, 0) is 0 Å². The average Bonchev–Trinajstić information content (AvgIpc) is 2.48. The van der Waals surface area contributed by atoms with Crippen LogP contribution in [0.1, 0.15) is 10.6 Å². The van der Waals surface area contributed by atoms with E-state index in [1.165, 1.54) is 4.40 Å². The molecule has 2 aromatic heterocycles. The number of hydrogen-bond acceptors (Lipinski definition) is 3. The lowest BCUT2D eigenvalue weighted by molar-refractivity contribution is 0.0682. The van der Waals surface area contributed by atoms with Gasteiger partial charge in [0.15, 0.2) is 5.65 Å². The third-order valence-corrected chi connectivity index (χ3v) is 2.20. The van der Waals surface area contributed by atoms with Gasteiger partial charge in [-0.15, -0.1) is 10.2 Å². The first-order valence-corrected chi connectivity index (χ1v) is 4.22. The number of carbonyl (C=O) groups is 1. The number of nitrogens with zero attached hydrogens (tertiary/aromatic N) is 3. The van der Waals surface area contributed by atoms with Gasteiger partial charge >= 0.3 is 5.97 Å². The molecule has 0 saturated carbocycles.